The molecule has 3 aromatic rings. The van der Waals surface area contributed by atoms with E-state index in [1.54, 1.807) is 47.1 Å². The van der Waals surface area contributed by atoms with E-state index in [2.05, 4.69) is 10.3 Å². The normalized spacial score (nSPS) is 13.2. The second-order valence-corrected chi connectivity index (χ2v) is 7.47. The zero-order chi connectivity index (χ0) is 20.5. The molecule has 4 rings (SSSR count). The standard InChI is InChI=1S/C20H16Cl2N4O3/c21-12-9-16(22)18-24-13(11-25(18)10-12)5-7-23-17(27)6-8-26-19(28)14-3-1-2-4-15(14)20(26)29/h1-4,9-11H,5-8H2,(H,23,27). The van der Waals surface area contributed by atoms with Gasteiger partial charge in [-0.2, -0.15) is 0 Å². The van der Waals surface area contributed by atoms with Gasteiger partial charge in [-0.3, -0.25) is 19.3 Å². The third-order valence-electron chi connectivity index (χ3n) is 4.67. The molecule has 2 aromatic heterocycles. The number of halogens is 2. The average molecular weight is 431 g/mol. The maximum Gasteiger partial charge on any atom is 0.261 e. The lowest BCUT2D eigenvalue weighted by molar-refractivity contribution is -0.121. The van der Waals surface area contributed by atoms with E-state index in [0.29, 0.717) is 39.8 Å². The van der Waals surface area contributed by atoms with E-state index in [4.69, 9.17) is 23.2 Å². The van der Waals surface area contributed by atoms with Crippen LogP contribution in [0.4, 0.5) is 0 Å². The van der Waals surface area contributed by atoms with Crippen LogP contribution in [-0.2, 0) is 11.2 Å². The van der Waals surface area contributed by atoms with Crippen LogP contribution in [0.2, 0.25) is 10.0 Å². The Morgan fingerprint density at radius 1 is 1.07 bits per heavy atom. The van der Waals surface area contributed by atoms with Gasteiger partial charge in [0.1, 0.15) is 0 Å². The lowest BCUT2D eigenvalue weighted by atomic mass is 10.1. The molecule has 9 heteroatoms. The molecule has 1 aliphatic rings. The summed E-state index contributed by atoms with van der Waals surface area (Å²) >= 11 is 12.1. The number of benzene rings is 1. The molecule has 29 heavy (non-hydrogen) atoms. The van der Waals surface area contributed by atoms with Gasteiger partial charge in [-0.25, -0.2) is 4.98 Å². The van der Waals surface area contributed by atoms with Crippen LogP contribution in [0.3, 0.4) is 0 Å². The van der Waals surface area contributed by atoms with Crippen molar-refractivity contribution in [2.75, 3.05) is 13.1 Å². The van der Waals surface area contributed by atoms with Gasteiger partial charge in [0, 0.05) is 38.3 Å². The summed E-state index contributed by atoms with van der Waals surface area (Å²) in [5, 5.41) is 3.74. The highest BCUT2D eigenvalue weighted by molar-refractivity contribution is 6.36. The molecule has 3 amide bonds. The smallest absolute Gasteiger partial charge is 0.261 e. The molecule has 0 aliphatic carbocycles. The summed E-state index contributed by atoms with van der Waals surface area (Å²) < 4.78 is 1.74. The van der Waals surface area contributed by atoms with Gasteiger partial charge in [0.25, 0.3) is 11.8 Å². The van der Waals surface area contributed by atoms with Gasteiger partial charge < -0.3 is 9.72 Å². The summed E-state index contributed by atoms with van der Waals surface area (Å²) in [4.78, 5) is 42.3. The number of rotatable bonds is 6. The van der Waals surface area contributed by atoms with E-state index in [1.165, 1.54) is 0 Å². The molecule has 0 atom stereocenters. The molecule has 0 spiro atoms. The largest absolute Gasteiger partial charge is 0.356 e. The van der Waals surface area contributed by atoms with Gasteiger partial charge in [-0.05, 0) is 18.2 Å². The van der Waals surface area contributed by atoms with Gasteiger partial charge in [0.05, 0.1) is 26.9 Å². The van der Waals surface area contributed by atoms with E-state index >= 15 is 0 Å². The number of amides is 3. The number of nitrogens with one attached hydrogen (secondary N) is 1. The molecule has 0 saturated carbocycles. The Morgan fingerprint density at radius 3 is 2.45 bits per heavy atom. The average Bonchev–Trinajstić information content (AvgIpc) is 3.20. The summed E-state index contributed by atoms with van der Waals surface area (Å²) in [5.41, 5.74) is 2.12. The van der Waals surface area contributed by atoms with E-state index in [0.717, 1.165) is 10.6 Å². The van der Waals surface area contributed by atoms with Crippen LogP contribution in [0, 0.1) is 0 Å². The maximum atomic E-state index is 12.3. The summed E-state index contributed by atoms with van der Waals surface area (Å²) in [6, 6.07) is 8.27. The fourth-order valence-corrected chi connectivity index (χ4v) is 3.80. The van der Waals surface area contributed by atoms with Crippen molar-refractivity contribution in [3.8, 4) is 0 Å². The number of fused-ring (bicyclic) bond motifs is 2. The minimum absolute atomic E-state index is 0.0398. The van der Waals surface area contributed by atoms with Crippen molar-refractivity contribution in [1.29, 1.82) is 0 Å². The number of carbonyl (C=O) groups excluding carboxylic acids is 3. The molecule has 1 aromatic carbocycles. The summed E-state index contributed by atoms with van der Waals surface area (Å²) in [6.45, 7) is 0.414. The molecule has 0 fully saturated rings. The second kappa shape index (κ2) is 7.85. The summed E-state index contributed by atoms with van der Waals surface area (Å²) in [6.07, 6.45) is 4.06. The van der Waals surface area contributed by atoms with Crippen LogP contribution in [0.1, 0.15) is 32.8 Å². The van der Waals surface area contributed by atoms with Crippen LogP contribution in [0.25, 0.3) is 5.65 Å². The van der Waals surface area contributed by atoms with Crippen molar-refractivity contribution in [1.82, 2.24) is 19.6 Å². The first kappa shape index (κ1) is 19.4. The van der Waals surface area contributed by atoms with Crippen molar-refractivity contribution in [3.05, 3.63) is 69.6 Å². The molecule has 0 saturated heterocycles. The monoisotopic (exact) mass is 430 g/mol. The predicted octanol–water partition coefficient (Wildman–Crippen LogP) is 2.99. The van der Waals surface area contributed by atoms with Crippen LogP contribution < -0.4 is 5.32 Å². The molecule has 148 valence electrons. The van der Waals surface area contributed by atoms with Crippen molar-refractivity contribution >= 4 is 46.6 Å². The zero-order valence-corrected chi connectivity index (χ0v) is 16.7. The topological polar surface area (TPSA) is 83.8 Å². The highest BCUT2D eigenvalue weighted by atomic mass is 35.5. The minimum atomic E-state index is -0.362. The SMILES string of the molecule is O=C(CCN1C(=O)c2ccccc2C1=O)NCCc1cn2cc(Cl)cc(Cl)c2n1. The summed E-state index contributed by atoms with van der Waals surface area (Å²) in [7, 11) is 0. The molecule has 0 bridgehead atoms. The number of pyridine rings is 1. The molecule has 3 heterocycles. The Labute approximate surface area is 176 Å². The molecule has 0 unspecified atom stereocenters. The molecular weight excluding hydrogens is 415 g/mol. The fourth-order valence-electron chi connectivity index (χ4n) is 3.27. The van der Waals surface area contributed by atoms with Gasteiger partial charge in [-0.15, -0.1) is 0 Å². The van der Waals surface area contributed by atoms with Crippen molar-refractivity contribution in [2.45, 2.75) is 12.8 Å². The van der Waals surface area contributed by atoms with Crippen molar-refractivity contribution in [2.24, 2.45) is 0 Å². The second-order valence-electron chi connectivity index (χ2n) is 6.63. The van der Waals surface area contributed by atoms with E-state index < -0.39 is 0 Å². The number of aromatic nitrogens is 2. The lowest BCUT2D eigenvalue weighted by Crippen LogP contribution is -2.35. The number of carbonyl (C=O) groups is 3. The first-order valence-corrected chi connectivity index (χ1v) is 9.74. The molecule has 1 aliphatic heterocycles. The molecule has 1 N–H and O–H groups in total. The maximum absolute atomic E-state index is 12.3. The summed E-state index contributed by atoms with van der Waals surface area (Å²) in [5.74, 6) is -0.969. The van der Waals surface area contributed by atoms with Crippen LogP contribution in [0.15, 0.2) is 42.7 Å². The van der Waals surface area contributed by atoms with Gasteiger partial charge in [0.2, 0.25) is 5.91 Å². The minimum Gasteiger partial charge on any atom is -0.356 e. The number of hydrogen-bond acceptors (Lipinski definition) is 4. The van der Waals surface area contributed by atoms with E-state index in [9.17, 15) is 14.4 Å². The van der Waals surface area contributed by atoms with Gasteiger partial charge >= 0.3 is 0 Å². The van der Waals surface area contributed by atoms with Crippen molar-refractivity contribution in [3.63, 3.8) is 0 Å². The Balaban J connectivity index is 1.29. The van der Waals surface area contributed by atoms with E-state index in [-0.39, 0.29) is 30.7 Å². The number of imidazole rings is 1. The quantitative estimate of drug-likeness (QED) is 0.609. The van der Waals surface area contributed by atoms with E-state index in [1.807, 2.05) is 0 Å². The first-order chi connectivity index (χ1) is 13.9. The number of imide groups is 1. The third kappa shape index (κ3) is 3.83. The lowest BCUT2D eigenvalue weighted by Gasteiger charge is -2.13. The van der Waals surface area contributed by atoms with Gasteiger partial charge in [-0.1, -0.05) is 35.3 Å². The van der Waals surface area contributed by atoms with Gasteiger partial charge in [0.15, 0.2) is 5.65 Å². The Hall–Kier alpha value is -2.90. The molecule has 0 radical (unpaired) electrons. The number of nitrogens with zero attached hydrogens (tertiary/aromatic N) is 3. The highest BCUT2D eigenvalue weighted by Gasteiger charge is 2.34. The first-order valence-electron chi connectivity index (χ1n) is 8.98. The number of hydrogen-bond donors (Lipinski definition) is 1. The third-order valence-corrected chi connectivity index (χ3v) is 5.15. The Kier molecular flexibility index (Phi) is 5.25. The molecule has 7 nitrogen and oxygen atoms in total. The zero-order valence-electron chi connectivity index (χ0n) is 15.2. The molecular formula is C20H16Cl2N4O3. The fraction of sp³-hybridized carbons (Fsp3) is 0.200. The highest BCUT2D eigenvalue weighted by Crippen LogP contribution is 2.23. The van der Waals surface area contributed by atoms with Crippen LogP contribution in [-0.4, -0.2) is 45.1 Å². The van der Waals surface area contributed by atoms with Crippen LogP contribution >= 0.6 is 23.2 Å². The Bertz CT molecular complexity index is 1110. The van der Waals surface area contributed by atoms with Crippen LogP contribution in [0.5, 0.6) is 0 Å². The predicted molar refractivity (Wildman–Crippen MR) is 108 cm³/mol. The van der Waals surface area contributed by atoms with Crippen molar-refractivity contribution < 1.29 is 14.4 Å². The Morgan fingerprint density at radius 2 is 1.76 bits per heavy atom.